The van der Waals surface area contributed by atoms with Crippen molar-refractivity contribution >= 4 is 40.5 Å². The van der Waals surface area contributed by atoms with E-state index in [-0.39, 0.29) is 6.61 Å². The van der Waals surface area contributed by atoms with Gasteiger partial charge in [0.15, 0.2) is 6.61 Å². The average Bonchev–Trinajstić information content (AvgIpc) is 2.83. The van der Waals surface area contributed by atoms with E-state index < -0.39 is 11.9 Å². The molecule has 1 N–H and O–H groups in total. The smallest absolute Gasteiger partial charge is 0.343 e. The quantitative estimate of drug-likeness (QED) is 0.178. The SMILES string of the molecule is O=C(COc1ccc2ccccc2c1)N/N=C/c1cccc(OC(=O)c2ccc(Cl)cc2)c1. The molecule has 0 aromatic heterocycles. The Morgan fingerprint density at radius 1 is 0.848 bits per heavy atom. The van der Waals surface area contributed by atoms with E-state index in [0.29, 0.717) is 27.6 Å². The second-order valence-electron chi connectivity index (χ2n) is 7.06. The summed E-state index contributed by atoms with van der Waals surface area (Å²) >= 11 is 5.84. The van der Waals surface area contributed by atoms with Gasteiger partial charge < -0.3 is 9.47 Å². The van der Waals surface area contributed by atoms with E-state index in [0.717, 1.165) is 10.8 Å². The summed E-state index contributed by atoms with van der Waals surface area (Å²) in [7, 11) is 0. The molecule has 0 saturated carbocycles. The summed E-state index contributed by atoms with van der Waals surface area (Å²) in [5.74, 6) is 0.0533. The van der Waals surface area contributed by atoms with Crippen LogP contribution in [0.4, 0.5) is 0 Å². The summed E-state index contributed by atoms with van der Waals surface area (Å²) < 4.78 is 10.9. The maximum Gasteiger partial charge on any atom is 0.343 e. The summed E-state index contributed by atoms with van der Waals surface area (Å²) in [6.07, 6.45) is 1.45. The number of nitrogens with one attached hydrogen (secondary N) is 1. The monoisotopic (exact) mass is 458 g/mol. The summed E-state index contributed by atoms with van der Waals surface area (Å²) in [5, 5.41) is 6.60. The first-order chi connectivity index (χ1) is 16.1. The fraction of sp³-hybridized carbons (Fsp3) is 0.0385. The van der Waals surface area contributed by atoms with Gasteiger partial charge in [0.25, 0.3) is 5.91 Å². The molecule has 0 fully saturated rings. The van der Waals surface area contributed by atoms with Gasteiger partial charge in [-0.05, 0) is 64.9 Å². The first kappa shape index (κ1) is 22.0. The second-order valence-corrected chi connectivity index (χ2v) is 7.50. The number of amides is 1. The highest BCUT2D eigenvalue weighted by molar-refractivity contribution is 6.30. The van der Waals surface area contributed by atoms with Gasteiger partial charge in [0.1, 0.15) is 11.5 Å². The van der Waals surface area contributed by atoms with E-state index in [9.17, 15) is 9.59 Å². The van der Waals surface area contributed by atoms with Crippen molar-refractivity contribution in [1.29, 1.82) is 0 Å². The lowest BCUT2D eigenvalue weighted by Crippen LogP contribution is -2.24. The maximum atomic E-state index is 12.2. The first-order valence-corrected chi connectivity index (χ1v) is 10.5. The number of halogens is 1. The van der Waals surface area contributed by atoms with E-state index in [2.05, 4.69) is 10.5 Å². The van der Waals surface area contributed by atoms with Gasteiger partial charge in [0.05, 0.1) is 11.8 Å². The Bertz CT molecular complexity index is 1320. The standard InChI is InChI=1S/C26H19ClN2O4/c27-22-11-8-20(9-12-22)26(31)33-24-7-3-4-18(14-24)16-28-29-25(30)17-32-23-13-10-19-5-1-2-6-21(19)15-23/h1-16H,17H2,(H,29,30)/b28-16+. The van der Waals surface area contributed by atoms with Crippen molar-refractivity contribution in [2.75, 3.05) is 6.61 Å². The van der Waals surface area contributed by atoms with E-state index in [4.69, 9.17) is 21.1 Å². The highest BCUT2D eigenvalue weighted by atomic mass is 35.5. The predicted molar refractivity (Wildman–Crippen MR) is 128 cm³/mol. The maximum absolute atomic E-state index is 12.2. The summed E-state index contributed by atoms with van der Waals surface area (Å²) in [4.78, 5) is 24.3. The molecule has 0 bridgehead atoms. The van der Waals surface area contributed by atoms with Gasteiger partial charge in [0, 0.05) is 5.02 Å². The number of hydrazone groups is 1. The molecule has 0 saturated heterocycles. The Kier molecular flexibility index (Phi) is 6.97. The van der Waals surface area contributed by atoms with Crippen LogP contribution < -0.4 is 14.9 Å². The molecule has 0 spiro atoms. The second kappa shape index (κ2) is 10.4. The number of esters is 1. The molecule has 33 heavy (non-hydrogen) atoms. The molecule has 0 aliphatic heterocycles. The molecule has 0 unspecified atom stereocenters. The highest BCUT2D eigenvalue weighted by Gasteiger charge is 2.08. The van der Waals surface area contributed by atoms with Crippen molar-refractivity contribution in [2.24, 2.45) is 5.10 Å². The largest absolute Gasteiger partial charge is 0.484 e. The molecular formula is C26H19ClN2O4. The van der Waals surface area contributed by atoms with E-state index in [1.165, 1.54) is 6.21 Å². The molecule has 0 aliphatic rings. The lowest BCUT2D eigenvalue weighted by molar-refractivity contribution is -0.123. The topological polar surface area (TPSA) is 77.0 Å². The van der Waals surface area contributed by atoms with Gasteiger partial charge in [-0.3, -0.25) is 4.79 Å². The Morgan fingerprint density at radius 2 is 1.64 bits per heavy atom. The number of ether oxygens (including phenoxy) is 2. The van der Waals surface area contributed by atoms with Crippen LogP contribution in [0.15, 0.2) is 96.1 Å². The summed E-state index contributed by atoms with van der Waals surface area (Å²) in [6.45, 7) is -0.172. The number of rotatable bonds is 7. The number of hydrogen-bond acceptors (Lipinski definition) is 5. The average molecular weight is 459 g/mol. The molecular weight excluding hydrogens is 440 g/mol. The molecule has 0 heterocycles. The Labute approximate surface area is 195 Å². The number of benzene rings is 4. The molecule has 1 amide bonds. The molecule has 7 heteroatoms. The van der Waals surface area contributed by atoms with Crippen molar-refractivity contribution in [3.8, 4) is 11.5 Å². The van der Waals surface area contributed by atoms with Crippen molar-refractivity contribution < 1.29 is 19.1 Å². The van der Waals surface area contributed by atoms with Gasteiger partial charge >= 0.3 is 5.97 Å². The van der Waals surface area contributed by atoms with E-state index in [1.807, 2.05) is 42.5 Å². The third kappa shape index (κ3) is 6.18. The van der Waals surface area contributed by atoms with Gasteiger partial charge in [-0.25, -0.2) is 10.2 Å². The minimum Gasteiger partial charge on any atom is -0.484 e. The normalized spacial score (nSPS) is 10.8. The number of carbonyl (C=O) groups is 2. The zero-order chi connectivity index (χ0) is 23.0. The molecule has 6 nitrogen and oxygen atoms in total. The molecule has 0 radical (unpaired) electrons. The predicted octanol–water partition coefficient (Wildman–Crippen LogP) is 5.24. The number of nitrogens with zero attached hydrogens (tertiary/aromatic N) is 1. The van der Waals surface area contributed by atoms with Crippen LogP contribution in [-0.4, -0.2) is 24.7 Å². The Morgan fingerprint density at radius 3 is 2.45 bits per heavy atom. The molecule has 4 aromatic rings. The Balaban J connectivity index is 1.29. The zero-order valence-corrected chi connectivity index (χ0v) is 18.2. The molecule has 0 atom stereocenters. The van der Waals surface area contributed by atoms with E-state index >= 15 is 0 Å². The lowest BCUT2D eigenvalue weighted by atomic mass is 10.1. The van der Waals surface area contributed by atoms with Crippen LogP contribution >= 0.6 is 11.6 Å². The fourth-order valence-electron chi connectivity index (χ4n) is 3.03. The fourth-order valence-corrected chi connectivity index (χ4v) is 3.15. The van der Waals surface area contributed by atoms with Gasteiger partial charge in [-0.15, -0.1) is 0 Å². The van der Waals surface area contributed by atoms with E-state index in [1.54, 1.807) is 48.5 Å². The van der Waals surface area contributed by atoms with Crippen LogP contribution in [0, 0.1) is 0 Å². The molecule has 0 aliphatic carbocycles. The van der Waals surface area contributed by atoms with Crippen LogP contribution in [0.3, 0.4) is 0 Å². The van der Waals surface area contributed by atoms with Crippen LogP contribution in [0.5, 0.6) is 11.5 Å². The third-order valence-electron chi connectivity index (χ3n) is 4.64. The summed E-state index contributed by atoms with van der Waals surface area (Å²) in [6, 6.07) is 26.7. The van der Waals surface area contributed by atoms with Crippen LogP contribution in [0.25, 0.3) is 10.8 Å². The van der Waals surface area contributed by atoms with Crippen molar-refractivity contribution in [1.82, 2.24) is 5.43 Å². The molecule has 4 rings (SSSR count). The number of carbonyl (C=O) groups excluding carboxylic acids is 2. The minimum atomic E-state index is -0.500. The van der Waals surface area contributed by atoms with Crippen molar-refractivity contribution in [3.05, 3.63) is 107 Å². The van der Waals surface area contributed by atoms with Crippen molar-refractivity contribution in [2.45, 2.75) is 0 Å². The third-order valence-corrected chi connectivity index (χ3v) is 4.89. The lowest BCUT2D eigenvalue weighted by Gasteiger charge is -2.06. The first-order valence-electron chi connectivity index (χ1n) is 10.1. The van der Waals surface area contributed by atoms with Crippen LogP contribution in [-0.2, 0) is 4.79 Å². The number of hydrogen-bond donors (Lipinski definition) is 1. The Hall–Kier alpha value is -4.16. The van der Waals surface area contributed by atoms with Crippen LogP contribution in [0.1, 0.15) is 15.9 Å². The van der Waals surface area contributed by atoms with Crippen molar-refractivity contribution in [3.63, 3.8) is 0 Å². The molecule has 164 valence electrons. The van der Waals surface area contributed by atoms with Gasteiger partial charge in [0.2, 0.25) is 0 Å². The molecule has 4 aromatic carbocycles. The minimum absolute atomic E-state index is 0.172. The highest BCUT2D eigenvalue weighted by Crippen LogP contribution is 2.20. The van der Waals surface area contributed by atoms with Gasteiger partial charge in [-0.2, -0.15) is 5.10 Å². The van der Waals surface area contributed by atoms with Gasteiger partial charge in [-0.1, -0.05) is 54.1 Å². The zero-order valence-electron chi connectivity index (χ0n) is 17.4. The summed E-state index contributed by atoms with van der Waals surface area (Å²) in [5.41, 5.74) is 3.45. The number of fused-ring (bicyclic) bond motifs is 1. The van der Waals surface area contributed by atoms with Crippen LogP contribution in [0.2, 0.25) is 5.02 Å².